The maximum absolute atomic E-state index is 13.8. The third-order valence-corrected chi connectivity index (χ3v) is 4.19. The maximum Gasteiger partial charge on any atom is 0.307 e. The minimum atomic E-state index is -0.715. The van der Waals surface area contributed by atoms with E-state index in [9.17, 15) is 14.0 Å². The van der Waals surface area contributed by atoms with Crippen molar-refractivity contribution in [3.8, 4) is 0 Å². The Morgan fingerprint density at radius 3 is 2.77 bits per heavy atom. The zero-order valence-corrected chi connectivity index (χ0v) is 13.2. The van der Waals surface area contributed by atoms with Gasteiger partial charge in [-0.25, -0.2) is 4.39 Å². The second-order valence-electron chi connectivity index (χ2n) is 4.45. The first-order chi connectivity index (χ1) is 10.5. The fraction of sp³-hybridized carbons (Fsp3) is 0.200. The zero-order chi connectivity index (χ0) is 16.1. The van der Waals surface area contributed by atoms with Crippen LogP contribution in [0.5, 0.6) is 0 Å². The molecule has 1 heterocycles. The number of nitrogens with one attached hydrogen (secondary N) is 1. The molecule has 0 radical (unpaired) electrons. The summed E-state index contributed by atoms with van der Waals surface area (Å²) in [6.07, 6.45) is -0.0298. The third kappa shape index (κ3) is 4.05. The Hall–Kier alpha value is -1.92. The van der Waals surface area contributed by atoms with Crippen molar-refractivity contribution in [3.05, 3.63) is 57.0 Å². The molecule has 0 spiro atoms. The molecule has 0 bridgehead atoms. The lowest BCUT2D eigenvalue weighted by Gasteiger charge is -2.16. The van der Waals surface area contributed by atoms with Crippen LogP contribution in [-0.4, -0.2) is 19.0 Å². The molecular weight excluding hydrogens is 329 g/mol. The Balaban J connectivity index is 2.19. The van der Waals surface area contributed by atoms with E-state index in [2.05, 4.69) is 10.1 Å². The summed E-state index contributed by atoms with van der Waals surface area (Å²) in [7, 11) is 1.27. The summed E-state index contributed by atoms with van der Waals surface area (Å²) in [6.45, 7) is 0. The van der Waals surface area contributed by atoms with Crippen molar-refractivity contribution < 1.29 is 18.7 Å². The van der Waals surface area contributed by atoms with Crippen LogP contribution in [0.15, 0.2) is 35.7 Å². The molecule has 0 saturated carbocycles. The Kier molecular flexibility index (Phi) is 5.51. The van der Waals surface area contributed by atoms with Crippen molar-refractivity contribution in [1.29, 1.82) is 0 Å². The summed E-state index contributed by atoms with van der Waals surface area (Å²) in [5.74, 6) is -1.79. The van der Waals surface area contributed by atoms with Gasteiger partial charge in [-0.3, -0.25) is 9.59 Å². The van der Waals surface area contributed by atoms with Crippen LogP contribution >= 0.6 is 22.9 Å². The number of hydrogen-bond donors (Lipinski definition) is 1. The van der Waals surface area contributed by atoms with E-state index in [1.54, 1.807) is 12.1 Å². The highest BCUT2D eigenvalue weighted by molar-refractivity contribution is 7.10. The van der Waals surface area contributed by atoms with Crippen molar-refractivity contribution in [1.82, 2.24) is 5.32 Å². The van der Waals surface area contributed by atoms with Crippen molar-refractivity contribution in [2.24, 2.45) is 0 Å². The number of amides is 1. The molecule has 1 aromatic carbocycles. The summed E-state index contributed by atoms with van der Waals surface area (Å²) in [5, 5.41) is 4.68. The molecule has 1 atom stereocenters. The van der Waals surface area contributed by atoms with Crippen LogP contribution in [0, 0.1) is 5.82 Å². The molecule has 2 rings (SSSR count). The number of hydrogen-bond acceptors (Lipinski definition) is 4. The summed E-state index contributed by atoms with van der Waals surface area (Å²) >= 11 is 7.05. The minimum absolute atomic E-state index is 0.0298. The number of benzene rings is 1. The lowest BCUT2D eigenvalue weighted by Crippen LogP contribution is -2.30. The molecular formula is C15H13ClFNO3S. The molecule has 0 aliphatic rings. The van der Waals surface area contributed by atoms with E-state index in [0.29, 0.717) is 0 Å². The van der Waals surface area contributed by atoms with Crippen molar-refractivity contribution in [3.63, 3.8) is 0 Å². The Bertz CT molecular complexity index is 675. The number of carbonyl (C=O) groups excluding carboxylic acids is 2. The van der Waals surface area contributed by atoms with E-state index in [1.807, 2.05) is 5.38 Å². The topological polar surface area (TPSA) is 55.4 Å². The maximum atomic E-state index is 13.8. The van der Waals surface area contributed by atoms with Gasteiger partial charge >= 0.3 is 5.97 Å². The van der Waals surface area contributed by atoms with Gasteiger partial charge in [0.25, 0.3) is 5.91 Å². The lowest BCUT2D eigenvalue weighted by atomic mass is 10.1. The van der Waals surface area contributed by atoms with E-state index < -0.39 is 23.7 Å². The van der Waals surface area contributed by atoms with Gasteiger partial charge < -0.3 is 10.1 Å². The van der Waals surface area contributed by atoms with Gasteiger partial charge in [0.05, 0.1) is 25.1 Å². The molecule has 4 nitrogen and oxygen atoms in total. The van der Waals surface area contributed by atoms with E-state index >= 15 is 0 Å². The molecule has 1 amide bonds. The van der Waals surface area contributed by atoms with Crippen LogP contribution in [0.2, 0.25) is 5.02 Å². The zero-order valence-electron chi connectivity index (χ0n) is 11.6. The van der Waals surface area contributed by atoms with Gasteiger partial charge in [0.1, 0.15) is 5.82 Å². The number of esters is 1. The molecule has 1 unspecified atom stereocenters. The highest BCUT2D eigenvalue weighted by atomic mass is 35.5. The Labute approximate surface area is 135 Å². The van der Waals surface area contributed by atoms with Gasteiger partial charge in [-0.1, -0.05) is 17.7 Å². The summed E-state index contributed by atoms with van der Waals surface area (Å²) in [5.41, 5.74) is -0.129. The average Bonchev–Trinajstić information content (AvgIpc) is 3.00. The fourth-order valence-electron chi connectivity index (χ4n) is 1.87. The SMILES string of the molecule is COC(=O)CC(NC(=O)c1ccc(Cl)cc1F)c1cccs1. The minimum Gasteiger partial charge on any atom is -0.469 e. The monoisotopic (exact) mass is 341 g/mol. The highest BCUT2D eigenvalue weighted by Gasteiger charge is 2.22. The van der Waals surface area contributed by atoms with E-state index in [4.69, 9.17) is 11.6 Å². The lowest BCUT2D eigenvalue weighted by molar-refractivity contribution is -0.141. The number of rotatable bonds is 5. The summed E-state index contributed by atoms with van der Waals surface area (Å²) < 4.78 is 18.4. The van der Waals surface area contributed by atoms with Crippen LogP contribution in [-0.2, 0) is 9.53 Å². The molecule has 0 aliphatic heterocycles. The van der Waals surface area contributed by atoms with Gasteiger partial charge in [0, 0.05) is 9.90 Å². The summed E-state index contributed by atoms with van der Waals surface area (Å²) in [4.78, 5) is 24.5. The van der Waals surface area contributed by atoms with Gasteiger partial charge in [-0.15, -0.1) is 11.3 Å². The normalized spacial score (nSPS) is 11.8. The average molecular weight is 342 g/mol. The second-order valence-corrected chi connectivity index (χ2v) is 5.86. The molecule has 1 aromatic heterocycles. The number of methoxy groups -OCH3 is 1. The Morgan fingerprint density at radius 1 is 1.41 bits per heavy atom. The standard InChI is InChI=1S/C15H13ClFNO3S/c1-21-14(19)8-12(13-3-2-6-22-13)18-15(20)10-5-4-9(16)7-11(10)17/h2-7,12H,8H2,1H3,(H,18,20). The fourth-order valence-corrected chi connectivity index (χ4v) is 2.81. The van der Waals surface area contributed by atoms with E-state index in [1.165, 1.54) is 30.6 Å². The van der Waals surface area contributed by atoms with Gasteiger partial charge in [-0.05, 0) is 29.6 Å². The van der Waals surface area contributed by atoms with Crippen LogP contribution in [0.1, 0.15) is 27.7 Å². The smallest absolute Gasteiger partial charge is 0.307 e. The molecule has 0 aliphatic carbocycles. The Morgan fingerprint density at radius 2 is 2.18 bits per heavy atom. The predicted octanol–water partition coefficient (Wildman–Crippen LogP) is 3.57. The molecule has 0 saturated heterocycles. The number of thiophene rings is 1. The van der Waals surface area contributed by atoms with Crippen LogP contribution in [0.3, 0.4) is 0 Å². The molecule has 2 aromatic rings. The van der Waals surface area contributed by atoms with E-state index in [0.717, 1.165) is 10.9 Å². The highest BCUT2D eigenvalue weighted by Crippen LogP contribution is 2.23. The second kappa shape index (κ2) is 7.38. The largest absolute Gasteiger partial charge is 0.469 e. The van der Waals surface area contributed by atoms with Crippen molar-refractivity contribution in [2.45, 2.75) is 12.5 Å². The third-order valence-electron chi connectivity index (χ3n) is 2.97. The first-order valence-corrected chi connectivity index (χ1v) is 7.63. The van der Waals surface area contributed by atoms with Gasteiger partial charge in [-0.2, -0.15) is 0 Å². The summed E-state index contributed by atoms with van der Waals surface area (Å²) in [6, 6.07) is 6.82. The van der Waals surface area contributed by atoms with Crippen molar-refractivity contribution >= 4 is 34.8 Å². The first kappa shape index (κ1) is 16.5. The molecule has 116 valence electrons. The van der Waals surface area contributed by atoms with E-state index in [-0.39, 0.29) is 17.0 Å². The van der Waals surface area contributed by atoms with Crippen LogP contribution in [0.4, 0.5) is 4.39 Å². The quantitative estimate of drug-likeness (QED) is 0.846. The number of halogens is 2. The van der Waals surface area contributed by atoms with Crippen molar-refractivity contribution in [2.75, 3.05) is 7.11 Å². The molecule has 1 N–H and O–H groups in total. The molecule has 0 fully saturated rings. The van der Waals surface area contributed by atoms with Crippen LogP contribution in [0.25, 0.3) is 0 Å². The molecule has 22 heavy (non-hydrogen) atoms. The van der Waals surface area contributed by atoms with Gasteiger partial charge in [0.2, 0.25) is 0 Å². The number of carbonyl (C=O) groups is 2. The predicted molar refractivity (Wildman–Crippen MR) is 82.6 cm³/mol. The first-order valence-electron chi connectivity index (χ1n) is 6.37. The molecule has 7 heteroatoms. The van der Waals surface area contributed by atoms with Gasteiger partial charge in [0.15, 0.2) is 0 Å². The van der Waals surface area contributed by atoms with Crippen LogP contribution < -0.4 is 5.32 Å². The number of ether oxygens (including phenoxy) is 1.